The van der Waals surface area contributed by atoms with E-state index in [4.69, 9.17) is 9.47 Å². The molecule has 0 aliphatic carbocycles. The molecule has 0 saturated carbocycles. The fourth-order valence-electron chi connectivity index (χ4n) is 4.34. The van der Waals surface area contributed by atoms with Crippen molar-refractivity contribution in [2.24, 2.45) is 0 Å². The molecular weight excluding hydrogens is 492 g/mol. The number of hydrogen-bond acceptors (Lipinski definition) is 9. The average molecular weight is 523 g/mol. The smallest absolute Gasteiger partial charge is 0.262 e. The van der Waals surface area contributed by atoms with Crippen LogP contribution in [0.4, 0.5) is 0 Å². The van der Waals surface area contributed by atoms with E-state index in [1.54, 1.807) is 18.2 Å². The zero-order chi connectivity index (χ0) is 25.7. The molecule has 0 spiro atoms. The topological polar surface area (TPSA) is 160 Å². The minimum atomic E-state index is -3.29. The van der Waals surface area contributed by atoms with Crippen LogP contribution in [0, 0.1) is 0 Å². The fraction of sp³-hybridized carbons (Fsp3) is 0.565. The summed E-state index contributed by atoms with van der Waals surface area (Å²) in [7, 11) is -3.29. The van der Waals surface area contributed by atoms with Gasteiger partial charge in [-0.2, -0.15) is 0 Å². The van der Waals surface area contributed by atoms with Gasteiger partial charge < -0.3 is 14.8 Å². The molecule has 1 aromatic carbocycles. The number of fused-ring (bicyclic) bond motifs is 1. The number of nitrogens with one attached hydrogen (secondary N) is 3. The number of piperidine rings is 1. The Morgan fingerprint density at radius 3 is 2.44 bits per heavy atom. The van der Waals surface area contributed by atoms with Gasteiger partial charge in [0.2, 0.25) is 21.8 Å². The van der Waals surface area contributed by atoms with Crippen molar-refractivity contribution in [2.75, 3.05) is 46.1 Å². The summed E-state index contributed by atoms with van der Waals surface area (Å²) in [6.45, 7) is 2.47. The van der Waals surface area contributed by atoms with E-state index < -0.39 is 39.7 Å². The van der Waals surface area contributed by atoms with E-state index in [9.17, 15) is 27.6 Å². The van der Waals surface area contributed by atoms with E-state index in [0.29, 0.717) is 56.9 Å². The average Bonchev–Trinajstić information content (AvgIpc) is 3.04. The van der Waals surface area contributed by atoms with Gasteiger partial charge >= 0.3 is 0 Å². The van der Waals surface area contributed by atoms with Gasteiger partial charge in [-0.25, -0.2) is 13.1 Å². The maximum absolute atomic E-state index is 13.1. The minimum absolute atomic E-state index is 0.0749. The lowest BCUT2D eigenvalue weighted by molar-refractivity contribution is -0.136. The Hall–Kier alpha value is -2.71. The summed E-state index contributed by atoms with van der Waals surface area (Å²) in [5, 5.41) is 4.74. The van der Waals surface area contributed by atoms with Crippen molar-refractivity contribution in [1.29, 1.82) is 0 Å². The van der Waals surface area contributed by atoms with E-state index in [0.717, 1.165) is 4.90 Å². The molecule has 196 valence electrons. The second-order valence-corrected chi connectivity index (χ2v) is 10.9. The molecule has 0 bridgehead atoms. The molecule has 3 heterocycles. The predicted molar refractivity (Wildman–Crippen MR) is 127 cm³/mol. The lowest BCUT2D eigenvalue weighted by atomic mass is 9.99. The van der Waals surface area contributed by atoms with E-state index in [-0.39, 0.29) is 36.8 Å². The number of benzene rings is 1. The third kappa shape index (κ3) is 5.81. The molecule has 13 heteroatoms. The van der Waals surface area contributed by atoms with Crippen LogP contribution < -0.4 is 15.4 Å². The third-order valence-corrected chi connectivity index (χ3v) is 8.21. The molecule has 1 aromatic rings. The first kappa shape index (κ1) is 26.4. The van der Waals surface area contributed by atoms with Gasteiger partial charge in [0.15, 0.2) is 0 Å². The molecule has 0 aromatic heterocycles. The van der Waals surface area contributed by atoms with Crippen molar-refractivity contribution in [3.05, 3.63) is 34.9 Å². The molecule has 4 amide bonds. The van der Waals surface area contributed by atoms with Crippen LogP contribution in [0.15, 0.2) is 18.2 Å². The minimum Gasteiger partial charge on any atom is -0.379 e. The SMILES string of the molecule is O=C1CCC(N2C(=O)c3cccc(CCCOCCOCCNS(=O)(=O)C4CNC4)c3C2=O)C(=O)N1. The summed E-state index contributed by atoms with van der Waals surface area (Å²) < 4.78 is 37.2. The molecular formula is C23H30N4O8S. The van der Waals surface area contributed by atoms with E-state index in [1.165, 1.54) is 0 Å². The van der Waals surface area contributed by atoms with Gasteiger partial charge in [0.25, 0.3) is 11.8 Å². The van der Waals surface area contributed by atoms with Crippen molar-refractivity contribution in [1.82, 2.24) is 20.3 Å². The Balaban J connectivity index is 1.17. The zero-order valence-corrected chi connectivity index (χ0v) is 20.6. The van der Waals surface area contributed by atoms with Crippen LogP contribution in [0.3, 0.4) is 0 Å². The third-order valence-electron chi connectivity index (χ3n) is 6.39. The van der Waals surface area contributed by atoms with Crippen molar-refractivity contribution in [3.63, 3.8) is 0 Å². The number of aryl methyl sites for hydroxylation is 1. The number of rotatable bonds is 13. The largest absolute Gasteiger partial charge is 0.379 e. The highest BCUT2D eigenvalue weighted by molar-refractivity contribution is 7.90. The Kier molecular flexibility index (Phi) is 8.46. The standard InChI is InChI=1S/C23H30N4O8S/c28-19-7-6-18(21(29)26-19)27-22(30)17-5-1-3-15(20(17)23(27)31)4-2-9-34-11-12-35-10-8-25-36(32,33)16-13-24-14-16/h1,3,5,16,18,24-25H,2,4,6-14H2,(H,26,28,29). The van der Waals surface area contributed by atoms with Crippen LogP contribution in [0.2, 0.25) is 0 Å². The van der Waals surface area contributed by atoms with Crippen molar-refractivity contribution < 1.29 is 37.1 Å². The Morgan fingerprint density at radius 1 is 1.00 bits per heavy atom. The van der Waals surface area contributed by atoms with Gasteiger partial charge in [-0.15, -0.1) is 0 Å². The molecule has 2 fully saturated rings. The summed E-state index contributed by atoms with van der Waals surface area (Å²) >= 11 is 0. The first-order chi connectivity index (χ1) is 17.3. The van der Waals surface area contributed by atoms with Crippen LogP contribution in [0.1, 0.15) is 45.5 Å². The second-order valence-electron chi connectivity index (χ2n) is 8.83. The maximum atomic E-state index is 13.1. The highest BCUT2D eigenvalue weighted by atomic mass is 32.2. The van der Waals surface area contributed by atoms with Crippen molar-refractivity contribution >= 4 is 33.7 Å². The molecule has 0 radical (unpaired) electrons. The van der Waals surface area contributed by atoms with Crippen LogP contribution >= 0.6 is 0 Å². The van der Waals surface area contributed by atoms with Gasteiger partial charge in [0.05, 0.1) is 30.9 Å². The summed E-state index contributed by atoms with van der Waals surface area (Å²) in [5.41, 5.74) is 1.27. The van der Waals surface area contributed by atoms with Crippen molar-refractivity contribution in [2.45, 2.75) is 37.0 Å². The monoisotopic (exact) mass is 522 g/mol. The normalized spacial score (nSPS) is 20.4. The van der Waals surface area contributed by atoms with Crippen LogP contribution in [-0.2, 0) is 35.5 Å². The number of ether oxygens (including phenoxy) is 2. The first-order valence-corrected chi connectivity index (χ1v) is 13.5. The Bertz CT molecular complexity index is 1130. The molecule has 1 unspecified atom stereocenters. The molecule has 12 nitrogen and oxygen atoms in total. The van der Waals surface area contributed by atoms with Gasteiger partial charge in [-0.1, -0.05) is 12.1 Å². The number of carbonyl (C=O) groups excluding carboxylic acids is 4. The fourth-order valence-corrected chi connectivity index (χ4v) is 5.61. The number of sulfonamides is 1. The Morgan fingerprint density at radius 2 is 1.75 bits per heavy atom. The summed E-state index contributed by atoms with van der Waals surface area (Å²) in [6, 6.07) is 4.07. The number of nitrogens with zero attached hydrogens (tertiary/aromatic N) is 1. The molecule has 3 aliphatic heterocycles. The predicted octanol–water partition coefficient (Wildman–Crippen LogP) is -1.06. The highest BCUT2D eigenvalue weighted by Gasteiger charge is 2.45. The van der Waals surface area contributed by atoms with Gasteiger partial charge in [0, 0.05) is 32.7 Å². The number of amides is 4. The highest BCUT2D eigenvalue weighted by Crippen LogP contribution is 2.30. The maximum Gasteiger partial charge on any atom is 0.262 e. The van der Waals surface area contributed by atoms with Gasteiger partial charge in [0.1, 0.15) is 11.3 Å². The van der Waals surface area contributed by atoms with Crippen molar-refractivity contribution in [3.8, 4) is 0 Å². The quantitative estimate of drug-likeness (QED) is 0.217. The number of imide groups is 2. The molecule has 1 atom stereocenters. The van der Waals surface area contributed by atoms with Crippen LogP contribution in [0.5, 0.6) is 0 Å². The molecule has 2 saturated heterocycles. The zero-order valence-electron chi connectivity index (χ0n) is 19.8. The van der Waals surface area contributed by atoms with E-state index in [1.807, 2.05) is 0 Å². The summed E-state index contributed by atoms with van der Waals surface area (Å²) in [4.78, 5) is 50.6. The summed E-state index contributed by atoms with van der Waals surface area (Å²) in [5.74, 6) is -2.08. The summed E-state index contributed by atoms with van der Waals surface area (Å²) in [6.07, 6.45) is 1.30. The van der Waals surface area contributed by atoms with Crippen LogP contribution in [0.25, 0.3) is 0 Å². The molecule has 3 aliphatic rings. The van der Waals surface area contributed by atoms with Gasteiger partial charge in [-0.3, -0.25) is 29.4 Å². The number of carbonyl (C=O) groups is 4. The second kappa shape index (κ2) is 11.6. The molecule has 36 heavy (non-hydrogen) atoms. The Labute approximate surface area is 209 Å². The van der Waals surface area contributed by atoms with Crippen LogP contribution in [-0.4, -0.2) is 94.3 Å². The molecule has 3 N–H and O–H groups in total. The van der Waals surface area contributed by atoms with E-state index in [2.05, 4.69) is 15.4 Å². The lowest BCUT2D eigenvalue weighted by Crippen LogP contribution is -2.55. The van der Waals surface area contributed by atoms with Gasteiger partial charge in [-0.05, 0) is 30.9 Å². The molecule has 4 rings (SSSR count). The van der Waals surface area contributed by atoms with E-state index >= 15 is 0 Å². The lowest BCUT2D eigenvalue weighted by Gasteiger charge is -2.27. The number of hydrogen-bond donors (Lipinski definition) is 3. The first-order valence-electron chi connectivity index (χ1n) is 12.0.